The Morgan fingerprint density at radius 1 is 1.10 bits per heavy atom. The average Bonchev–Trinajstić information content (AvgIpc) is 3.18. The van der Waals surface area contributed by atoms with Crippen molar-refractivity contribution in [1.29, 1.82) is 0 Å². The van der Waals surface area contributed by atoms with Crippen LogP contribution in [0.2, 0.25) is 0 Å². The number of morpholine rings is 1. The van der Waals surface area contributed by atoms with E-state index in [2.05, 4.69) is 17.0 Å². The summed E-state index contributed by atoms with van der Waals surface area (Å²) in [5.74, 6) is 1.18. The molecule has 168 valence electrons. The molecule has 6 rings (SSSR count). The van der Waals surface area contributed by atoms with Gasteiger partial charge in [-0.15, -0.1) is 0 Å². The molecular formula is C26H34FNO3. The van der Waals surface area contributed by atoms with Crippen molar-refractivity contribution in [3.8, 4) is 5.75 Å². The van der Waals surface area contributed by atoms with Crippen LogP contribution in [-0.4, -0.2) is 42.7 Å². The molecule has 5 fully saturated rings. The molecular weight excluding hydrogens is 393 g/mol. The summed E-state index contributed by atoms with van der Waals surface area (Å²) in [6.45, 7) is 3.81. The number of ether oxygens (including phenoxy) is 2. The molecule has 3 aliphatic carbocycles. The number of hydrogen-bond acceptors (Lipinski definition) is 3. The maximum Gasteiger partial charge on any atom is 0.228 e. The Hall–Kier alpha value is -1.88. The van der Waals surface area contributed by atoms with Crippen LogP contribution in [-0.2, 0) is 14.9 Å². The molecule has 3 saturated carbocycles. The number of likely N-dealkylation sites (tertiary alicyclic amines) is 1. The smallest absolute Gasteiger partial charge is 0.228 e. The van der Waals surface area contributed by atoms with E-state index in [1.54, 1.807) is 0 Å². The highest BCUT2D eigenvalue weighted by atomic mass is 19.1. The Labute approximate surface area is 184 Å². The fourth-order valence-corrected chi connectivity index (χ4v) is 6.35. The lowest BCUT2D eigenvalue weighted by Crippen LogP contribution is -2.56. The van der Waals surface area contributed by atoms with E-state index < -0.39 is 0 Å². The summed E-state index contributed by atoms with van der Waals surface area (Å²) in [5, 5.41) is 0. The van der Waals surface area contributed by atoms with Gasteiger partial charge in [-0.1, -0.05) is 19.1 Å². The zero-order valence-electron chi connectivity index (χ0n) is 18.6. The second kappa shape index (κ2) is 8.23. The fourth-order valence-electron chi connectivity index (χ4n) is 6.35. The number of carbonyl (C=O) groups is 1. The minimum absolute atomic E-state index is 0.142. The normalized spacial score (nSPS) is 34.8. The minimum Gasteiger partial charge on any atom is -0.489 e. The van der Waals surface area contributed by atoms with Crippen molar-refractivity contribution in [2.75, 3.05) is 19.7 Å². The third-order valence-electron chi connectivity index (χ3n) is 8.53. The predicted molar refractivity (Wildman–Crippen MR) is 118 cm³/mol. The summed E-state index contributed by atoms with van der Waals surface area (Å²) in [6, 6.07) is 8.39. The molecule has 2 atom stereocenters. The second-order valence-corrected chi connectivity index (χ2v) is 10.2. The third kappa shape index (κ3) is 3.79. The lowest BCUT2D eigenvalue weighted by Gasteiger charge is -2.54. The van der Waals surface area contributed by atoms with Crippen LogP contribution in [0.3, 0.4) is 0 Å². The monoisotopic (exact) mass is 427 g/mol. The minimum atomic E-state index is -0.142. The summed E-state index contributed by atoms with van der Waals surface area (Å²) in [7, 11) is 0. The van der Waals surface area contributed by atoms with Crippen molar-refractivity contribution in [3.05, 3.63) is 41.7 Å². The van der Waals surface area contributed by atoms with Crippen molar-refractivity contribution >= 4 is 5.91 Å². The van der Waals surface area contributed by atoms with Crippen LogP contribution in [0.15, 0.2) is 36.2 Å². The number of hydrogen-bond donors (Lipinski definition) is 0. The molecule has 0 N–H and O–H groups in total. The topological polar surface area (TPSA) is 38.8 Å². The first kappa shape index (κ1) is 21.0. The highest BCUT2D eigenvalue weighted by Gasteiger charge is 2.54. The number of rotatable bonds is 6. The van der Waals surface area contributed by atoms with Crippen LogP contribution < -0.4 is 4.74 Å². The van der Waals surface area contributed by atoms with Gasteiger partial charge in [0.1, 0.15) is 12.4 Å². The SMILES string of the molecule is CC/C(=C\F)COc1ccc(C23CCC(C(=O)N4CC5CCC(C4)O5)(CC2)CC3)cc1. The van der Waals surface area contributed by atoms with Crippen LogP contribution in [0.5, 0.6) is 5.75 Å². The molecule has 5 aliphatic rings. The molecule has 2 saturated heterocycles. The molecule has 1 aromatic carbocycles. The van der Waals surface area contributed by atoms with Gasteiger partial charge in [0.15, 0.2) is 0 Å². The number of fused-ring (bicyclic) bond motifs is 5. The number of nitrogens with zero attached hydrogens (tertiary/aromatic N) is 1. The van der Waals surface area contributed by atoms with Gasteiger partial charge < -0.3 is 14.4 Å². The number of carbonyl (C=O) groups excluding carboxylic acids is 1. The van der Waals surface area contributed by atoms with Gasteiger partial charge in [-0.3, -0.25) is 4.79 Å². The maximum absolute atomic E-state index is 13.5. The maximum atomic E-state index is 13.5. The molecule has 0 aromatic heterocycles. The van der Waals surface area contributed by atoms with Gasteiger partial charge in [-0.25, -0.2) is 4.39 Å². The molecule has 5 heteroatoms. The predicted octanol–water partition coefficient (Wildman–Crippen LogP) is 5.31. The van der Waals surface area contributed by atoms with Gasteiger partial charge in [0.25, 0.3) is 0 Å². The van der Waals surface area contributed by atoms with E-state index in [0.29, 0.717) is 30.8 Å². The van der Waals surface area contributed by atoms with Crippen molar-refractivity contribution in [1.82, 2.24) is 4.90 Å². The van der Waals surface area contributed by atoms with Crippen LogP contribution in [0, 0.1) is 5.41 Å². The quantitative estimate of drug-likeness (QED) is 0.618. The molecule has 2 aliphatic heterocycles. The van der Waals surface area contributed by atoms with E-state index in [9.17, 15) is 9.18 Å². The Kier molecular flexibility index (Phi) is 5.58. The summed E-state index contributed by atoms with van der Waals surface area (Å²) >= 11 is 0. The Morgan fingerprint density at radius 2 is 1.71 bits per heavy atom. The van der Waals surface area contributed by atoms with E-state index in [-0.39, 0.29) is 23.0 Å². The zero-order chi connectivity index (χ0) is 21.5. The summed E-state index contributed by atoms with van der Waals surface area (Å²) < 4.78 is 24.4. The van der Waals surface area contributed by atoms with Gasteiger partial charge in [-0.2, -0.15) is 0 Å². The van der Waals surface area contributed by atoms with E-state index in [1.807, 2.05) is 19.1 Å². The van der Waals surface area contributed by atoms with Crippen molar-refractivity contribution in [3.63, 3.8) is 0 Å². The Balaban J connectivity index is 1.23. The second-order valence-electron chi connectivity index (χ2n) is 10.2. The average molecular weight is 428 g/mol. The first-order valence-corrected chi connectivity index (χ1v) is 12.0. The molecule has 2 heterocycles. The number of halogens is 1. The Bertz CT molecular complexity index is 812. The van der Waals surface area contributed by atoms with Crippen LogP contribution in [0.4, 0.5) is 4.39 Å². The van der Waals surface area contributed by atoms with E-state index in [1.165, 1.54) is 5.56 Å². The summed E-state index contributed by atoms with van der Waals surface area (Å²) in [5.41, 5.74) is 2.08. The zero-order valence-corrected chi connectivity index (χ0v) is 18.6. The first-order chi connectivity index (χ1) is 15.1. The van der Waals surface area contributed by atoms with Crippen LogP contribution in [0.1, 0.15) is 70.3 Å². The molecule has 1 amide bonds. The lowest BCUT2D eigenvalue weighted by molar-refractivity contribution is -0.157. The Morgan fingerprint density at radius 3 is 2.26 bits per heavy atom. The molecule has 4 nitrogen and oxygen atoms in total. The van der Waals surface area contributed by atoms with Gasteiger partial charge in [0.05, 0.1) is 18.5 Å². The number of amides is 1. The lowest BCUT2D eigenvalue weighted by atomic mass is 9.51. The summed E-state index contributed by atoms with van der Waals surface area (Å²) in [4.78, 5) is 15.7. The number of benzene rings is 1. The highest BCUT2D eigenvalue weighted by Crippen LogP contribution is 2.58. The van der Waals surface area contributed by atoms with Gasteiger partial charge in [0, 0.05) is 18.5 Å². The molecule has 0 spiro atoms. The highest BCUT2D eigenvalue weighted by molar-refractivity contribution is 5.83. The largest absolute Gasteiger partial charge is 0.489 e. The van der Waals surface area contributed by atoms with Crippen molar-refractivity contribution in [2.24, 2.45) is 5.41 Å². The molecule has 4 bridgehead atoms. The first-order valence-electron chi connectivity index (χ1n) is 12.0. The van der Waals surface area contributed by atoms with Gasteiger partial charge in [0.2, 0.25) is 5.91 Å². The molecule has 31 heavy (non-hydrogen) atoms. The third-order valence-corrected chi connectivity index (χ3v) is 8.53. The molecule has 0 radical (unpaired) electrons. The summed E-state index contributed by atoms with van der Waals surface area (Å²) in [6.07, 6.45) is 10.3. The van der Waals surface area contributed by atoms with Crippen LogP contribution >= 0.6 is 0 Å². The van der Waals surface area contributed by atoms with Gasteiger partial charge >= 0.3 is 0 Å². The van der Waals surface area contributed by atoms with Gasteiger partial charge in [-0.05, 0) is 86.5 Å². The molecule has 2 unspecified atom stereocenters. The van der Waals surface area contributed by atoms with E-state index in [0.717, 1.165) is 70.2 Å². The van der Waals surface area contributed by atoms with E-state index >= 15 is 0 Å². The molecule has 1 aromatic rings. The van der Waals surface area contributed by atoms with E-state index in [4.69, 9.17) is 9.47 Å². The standard InChI is InChI=1S/C26H34FNO3/c1-2-19(15-27)18-30-21-5-3-20(4-6-21)25-9-12-26(13-10-25,14-11-25)24(29)28-16-22-7-8-23(17-28)31-22/h3-6,15,22-23H,2,7-14,16-18H2,1H3/b19-15+. The van der Waals surface area contributed by atoms with Crippen molar-refractivity contribution < 1.29 is 18.7 Å². The van der Waals surface area contributed by atoms with Crippen LogP contribution in [0.25, 0.3) is 0 Å². The fraction of sp³-hybridized carbons (Fsp3) is 0.654. The van der Waals surface area contributed by atoms with Crippen molar-refractivity contribution in [2.45, 2.75) is 82.3 Å².